The van der Waals surface area contributed by atoms with Gasteiger partial charge in [0.2, 0.25) is 5.91 Å². The molecular formula is C13H24N2O3. The number of hydrogen-bond donors (Lipinski definition) is 1. The van der Waals surface area contributed by atoms with Crippen LogP contribution in [0.1, 0.15) is 32.6 Å². The van der Waals surface area contributed by atoms with Crippen molar-refractivity contribution < 1.29 is 14.7 Å². The Kier molecular flexibility index (Phi) is 6.90. The molecule has 1 aliphatic rings. The number of nitrogens with zero attached hydrogens (tertiary/aromatic N) is 2. The van der Waals surface area contributed by atoms with Gasteiger partial charge in [-0.15, -0.1) is 0 Å². The van der Waals surface area contributed by atoms with Crippen molar-refractivity contribution in [2.45, 2.75) is 32.6 Å². The minimum absolute atomic E-state index is 0.0760. The molecule has 0 aromatic rings. The van der Waals surface area contributed by atoms with E-state index in [-0.39, 0.29) is 18.3 Å². The van der Waals surface area contributed by atoms with Crippen molar-refractivity contribution in [2.24, 2.45) is 0 Å². The lowest BCUT2D eigenvalue weighted by atomic mass is 10.1. The summed E-state index contributed by atoms with van der Waals surface area (Å²) in [6.45, 7) is 5.03. The van der Waals surface area contributed by atoms with Gasteiger partial charge in [0.05, 0.1) is 13.2 Å². The fourth-order valence-electron chi connectivity index (χ4n) is 2.09. The average molecular weight is 256 g/mol. The van der Waals surface area contributed by atoms with Gasteiger partial charge in [0.1, 0.15) is 5.78 Å². The van der Waals surface area contributed by atoms with Gasteiger partial charge in [0.15, 0.2) is 0 Å². The molecule has 0 aromatic heterocycles. The number of aliphatic hydroxyl groups excluding tert-OH is 1. The van der Waals surface area contributed by atoms with Gasteiger partial charge >= 0.3 is 0 Å². The zero-order valence-electron chi connectivity index (χ0n) is 11.2. The van der Waals surface area contributed by atoms with Crippen molar-refractivity contribution in [3.63, 3.8) is 0 Å². The Labute approximate surface area is 109 Å². The highest BCUT2D eigenvalue weighted by atomic mass is 16.3. The molecule has 0 saturated carbocycles. The van der Waals surface area contributed by atoms with Gasteiger partial charge in [-0.25, -0.2) is 0 Å². The predicted octanol–water partition coefficient (Wildman–Crippen LogP) is 0.272. The maximum absolute atomic E-state index is 12.0. The topological polar surface area (TPSA) is 60.9 Å². The van der Waals surface area contributed by atoms with Crippen LogP contribution in [0.2, 0.25) is 0 Å². The number of likely N-dealkylation sites (tertiary alicyclic amines) is 1. The molecule has 1 saturated heterocycles. The molecule has 5 nitrogen and oxygen atoms in total. The van der Waals surface area contributed by atoms with Crippen LogP contribution in [0.4, 0.5) is 0 Å². The molecule has 5 heteroatoms. The summed E-state index contributed by atoms with van der Waals surface area (Å²) in [4.78, 5) is 26.9. The van der Waals surface area contributed by atoms with E-state index < -0.39 is 0 Å². The number of hydrogen-bond acceptors (Lipinski definition) is 4. The van der Waals surface area contributed by atoms with Gasteiger partial charge in [-0.1, -0.05) is 13.3 Å². The number of ketones is 1. The Morgan fingerprint density at radius 1 is 1.33 bits per heavy atom. The number of amides is 1. The number of carbonyl (C=O) groups excluding carboxylic acids is 2. The summed E-state index contributed by atoms with van der Waals surface area (Å²) in [7, 11) is 0. The summed E-state index contributed by atoms with van der Waals surface area (Å²) in [5.41, 5.74) is 0. The van der Waals surface area contributed by atoms with Crippen molar-refractivity contribution in [1.82, 2.24) is 9.80 Å². The van der Waals surface area contributed by atoms with Crippen molar-refractivity contribution in [1.29, 1.82) is 0 Å². The van der Waals surface area contributed by atoms with Gasteiger partial charge in [0, 0.05) is 32.5 Å². The number of rotatable bonds is 7. The van der Waals surface area contributed by atoms with E-state index in [9.17, 15) is 9.59 Å². The van der Waals surface area contributed by atoms with Gasteiger partial charge < -0.3 is 10.0 Å². The SMILES string of the molecule is CCCCN(CCO)CC(=O)N1CCC(=O)CC1. The number of carbonyl (C=O) groups is 2. The molecule has 0 unspecified atom stereocenters. The van der Waals surface area contributed by atoms with E-state index in [0.29, 0.717) is 39.0 Å². The molecule has 1 amide bonds. The molecule has 1 rings (SSSR count). The van der Waals surface area contributed by atoms with Gasteiger partial charge in [-0.3, -0.25) is 14.5 Å². The van der Waals surface area contributed by atoms with Crippen LogP contribution in [0.3, 0.4) is 0 Å². The van der Waals surface area contributed by atoms with Crippen LogP contribution < -0.4 is 0 Å². The summed E-state index contributed by atoms with van der Waals surface area (Å²) in [5, 5.41) is 8.98. The number of aliphatic hydroxyl groups is 1. The normalized spacial score (nSPS) is 16.4. The summed E-state index contributed by atoms with van der Waals surface area (Å²) in [6, 6.07) is 0. The maximum atomic E-state index is 12.0. The third kappa shape index (κ3) is 5.14. The standard InChI is InChI=1S/C13H24N2O3/c1-2-3-6-14(9-10-16)11-13(18)15-7-4-12(17)5-8-15/h16H,2-11H2,1H3. The van der Waals surface area contributed by atoms with Crippen LogP contribution in [-0.4, -0.2) is 65.9 Å². The first-order valence-electron chi connectivity index (χ1n) is 6.80. The van der Waals surface area contributed by atoms with E-state index in [1.54, 1.807) is 4.90 Å². The summed E-state index contributed by atoms with van der Waals surface area (Å²) >= 11 is 0. The second-order valence-corrected chi connectivity index (χ2v) is 4.77. The Hall–Kier alpha value is -0.940. The molecule has 18 heavy (non-hydrogen) atoms. The predicted molar refractivity (Wildman–Crippen MR) is 69.3 cm³/mol. The molecular weight excluding hydrogens is 232 g/mol. The highest BCUT2D eigenvalue weighted by Gasteiger charge is 2.22. The first kappa shape index (κ1) is 15.1. The highest BCUT2D eigenvalue weighted by molar-refractivity contribution is 5.84. The van der Waals surface area contributed by atoms with Crippen LogP contribution >= 0.6 is 0 Å². The number of Topliss-reactive ketones (excluding diaryl/α,β-unsaturated/α-hetero) is 1. The fraction of sp³-hybridized carbons (Fsp3) is 0.846. The smallest absolute Gasteiger partial charge is 0.236 e. The second kappa shape index (κ2) is 8.21. The van der Waals surface area contributed by atoms with E-state index in [2.05, 4.69) is 6.92 Å². The van der Waals surface area contributed by atoms with E-state index in [4.69, 9.17) is 5.11 Å². The lowest BCUT2D eigenvalue weighted by molar-refractivity contribution is -0.135. The number of unbranched alkanes of at least 4 members (excludes halogenated alkanes) is 1. The zero-order chi connectivity index (χ0) is 13.4. The van der Waals surface area contributed by atoms with Crippen molar-refractivity contribution in [3.8, 4) is 0 Å². The third-order valence-corrected chi connectivity index (χ3v) is 3.28. The summed E-state index contributed by atoms with van der Waals surface area (Å²) < 4.78 is 0. The Balaban J connectivity index is 2.37. The van der Waals surface area contributed by atoms with Crippen molar-refractivity contribution in [2.75, 3.05) is 39.3 Å². The first-order valence-corrected chi connectivity index (χ1v) is 6.80. The second-order valence-electron chi connectivity index (χ2n) is 4.77. The Morgan fingerprint density at radius 2 is 2.00 bits per heavy atom. The monoisotopic (exact) mass is 256 g/mol. The molecule has 0 atom stereocenters. The van der Waals surface area contributed by atoms with Crippen molar-refractivity contribution in [3.05, 3.63) is 0 Å². The van der Waals surface area contributed by atoms with Crippen LogP contribution in [0.15, 0.2) is 0 Å². The maximum Gasteiger partial charge on any atom is 0.236 e. The fourth-order valence-corrected chi connectivity index (χ4v) is 2.09. The molecule has 1 N–H and O–H groups in total. The van der Waals surface area contributed by atoms with Crippen LogP contribution in [0.5, 0.6) is 0 Å². The molecule has 1 aliphatic heterocycles. The quantitative estimate of drug-likeness (QED) is 0.710. The Morgan fingerprint density at radius 3 is 2.56 bits per heavy atom. The van der Waals surface area contributed by atoms with Crippen LogP contribution in [0.25, 0.3) is 0 Å². The van der Waals surface area contributed by atoms with Gasteiger partial charge in [0.25, 0.3) is 0 Å². The summed E-state index contributed by atoms with van der Waals surface area (Å²) in [6.07, 6.45) is 3.08. The lowest BCUT2D eigenvalue weighted by Crippen LogP contribution is -2.45. The lowest BCUT2D eigenvalue weighted by Gasteiger charge is -2.29. The minimum Gasteiger partial charge on any atom is -0.395 e. The minimum atomic E-state index is 0.0760. The Bertz CT molecular complexity index is 271. The van der Waals surface area contributed by atoms with E-state index in [1.165, 1.54) is 0 Å². The van der Waals surface area contributed by atoms with E-state index in [1.807, 2.05) is 4.90 Å². The van der Waals surface area contributed by atoms with Gasteiger partial charge in [-0.05, 0) is 13.0 Å². The summed E-state index contributed by atoms with van der Waals surface area (Å²) in [5.74, 6) is 0.323. The number of piperidine rings is 1. The zero-order valence-corrected chi connectivity index (χ0v) is 11.2. The third-order valence-electron chi connectivity index (χ3n) is 3.28. The molecule has 0 spiro atoms. The molecule has 0 bridgehead atoms. The van der Waals surface area contributed by atoms with Crippen LogP contribution in [-0.2, 0) is 9.59 Å². The average Bonchev–Trinajstić information content (AvgIpc) is 2.37. The highest BCUT2D eigenvalue weighted by Crippen LogP contribution is 2.07. The molecule has 0 aliphatic carbocycles. The first-order chi connectivity index (χ1) is 8.67. The molecule has 0 radical (unpaired) electrons. The van der Waals surface area contributed by atoms with Gasteiger partial charge in [-0.2, -0.15) is 0 Å². The molecule has 1 heterocycles. The molecule has 1 fully saturated rings. The molecule has 104 valence electrons. The van der Waals surface area contributed by atoms with Crippen molar-refractivity contribution >= 4 is 11.7 Å². The molecule has 0 aromatic carbocycles. The van der Waals surface area contributed by atoms with E-state index in [0.717, 1.165) is 19.4 Å². The van der Waals surface area contributed by atoms with E-state index >= 15 is 0 Å². The largest absolute Gasteiger partial charge is 0.395 e. The van der Waals surface area contributed by atoms with Crippen LogP contribution in [0, 0.1) is 0 Å².